The fourth-order valence-corrected chi connectivity index (χ4v) is 2.51. The van der Waals surface area contributed by atoms with Crippen LogP contribution < -0.4 is 10.6 Å². The maximum absolute atomic E-state index is 13.1. The van der Waals surface area contributed by atoms with Gasteiger partial charge in [0, 0.05) is 12.6 Å². The minimum absolute atomic E-state index is 0.0525. The molecule has 26 heavy (non-hydrogen) atoms. The molecule has 2 N–H and O–H groups in total. The number of nitrogens with one attached hydrogen (secondary N) is 2. The van der Waals surface area contributed by atoms with Crippen LogP contribution in [0.3, 0.4) is 0 Å². The van der Waals surface area contributed by atoms with Gasteiger partial charge in [-0.05, 0) is 24.6 Å². The van der Waals surface area contributed by atoms with Crippen molar-refractivity contribution >= 4 is 17.3 Å². The first-order chi connectivity index (χ1) is 12.4. The molecule has 0 radical (unpaired) electrons. The van der Waals surface area contributed by atoms with E-state index in [1.165, 1.54) is 24.5 Å². The summed E-state index contributed by atoms with van der Waals surface area (Å²) < 4.78 is 39.3. The number of aromatic nitrogens is 2. The van der Waals surface area contributed by atoms with Gasteiger partial charge < -0.3 is 10.6 Å². The molecule has 2 aromatic carbocycles. The van der Waals surface area contributed by atoms with Crippen LogP contribution in [0.4, 0.5) is 30.5 Å². The minimum atomic E-state index is -4.44. The van der Waals surface area contributed by atoms with Gasteiger partial charge in [0.1, 0.15) is 18.0 Å². The van der Waals surface area contributed by atoms with E-state index in [2.05, 4.69) is 20.6 Å². The van der Waals surface area contributed by atoms with Crippen molar-refractivity contribution in [2.45, 2.75) is 19.6 Å². The summed E-state index contributed by atoms with van der Waals surface area (Å²) in [6, 6.07) is 14.9. The number of hydrogen-bond acceptors (Lipinski definition) is 4. The van der Waals surface area contributed by atoms with Gasteiger partial charge in [0.2, 0.25) is 0 Å². The number of aryl methyl sites for hydroxylation is 1. The third-order valence-electron chi connectivity index (χ3n) is 3.72. The van der Waals surface area contributed by atoms with Crippen LogP contribution >= 0.6 is 0 Å². The molecule has 1 heterocycles. The Morgan fingerprint density at radius 2 is 1.69 bits per heavy atom. The number of rotatable bonds is 5. The lowest BCUT2D eigenvalue weighted by Crippen LogP contribution is -2.09. The zero-order valence-electron chi connectivity index (χ0n) is 14.0. The zero-order chi connectivity index (χ0) is 18.6. The molecule has 0 spiro atoms. The van der Waals surface area contributed by atoms with Gasteiger partial charge in [0.05, 0.1) is 11.3 Å². The Morgan fingerprint density at radius 1 is 0.923 bits per heavy atom. The van der Waals surface area contributed by atoms with Crippen LogP contribution in [0.15, 0.2) is 60.9 Å². The molecule has 0 unspecified atom stereocenters. The van der Waals surface area contributed by atoms with E-state index in [9.17, 15) is 13.2 Å². The van der Waals surface area contributed by atoms with Crippen molar-refractivity contribution < 1.29 is 13.2 Å². The van der Waals surface area contributed by atoms with Crippen molar-refractivity contribution in [1.82, 2.24) is 9.97 Å². The second-order valence-electron chi connectivity index (χ2n) is 5.80. The summed E-state index contributed by atoms with van der Waals surface area (Å²) in [7, 11) is 0. The van der Waals surface area contributed by atoms with E-state index in [4.69, 9.17) is 0 Å². The zero-order valence-corrected chi connectivity index (χ0v) is 14.0. The first kappa shape index (κ1) is 17.7. The number of alkyl halides is 3. The number of benzene rings is 2. The maximum Gasteiger partial charge on any atom is 0.418 e. The normalized spacial score (nSPS) is 11.2. The van der Waals surface area contributed by atoms with Crippen molar-refractivity contribution in [3.8, 4) is 0 Å². The lowest BCUT2D eigenvalue weighted by molar-refractivity contribution is -0.136. The van der Waals surface area contributed by atoms with Crippen LogP contribution in [0.25, 0.3) is 0 Å². The van der Waals surface area contributed by atoms with Crippen molar-refractivity contribution in [2.24, 2.45) is 0 Å². The van der Waals surface area contributed by atoms with Crippen LogP contribution in [0.1, 0.15) is 16.7 Å². The fourth-order valence-electron chi connectivity index (χ4n) is 2.51. The third kappa shape index (κ3) is 4.50. The highest BCUT2D eigenvalue weighted by atomic mass is 19.4. The standard InChI is InChI=1S/C19H17F3N4/c1-13-5-4-6-14(9-13)11-23-17-10-18(25-12-24-17)26-16-8-3-2-7-15(16)19(20,21)22/h2-10,12H,11H2,1H3,(H2,23,24,25,26). The molecular formula is C19H17F3N4. The average molecular weight is 358 g/mol. The quantitative estimate of drug-likeness (QED) is 0.661. The molecule has 0 aliphatic heterocycles. The Labute approximate surface area is 149 Å². The molecule has 0 bridgehead atoms. The molecule has 0 atom stereocenters. The highest BCUT2D eigenvalue weighted by molar-refractivity contribution is 5.63. The van der Waals surface area contributed by atoms with E-state index in [0.717, 1.165) is 17.2 Å². The predicted octanol–water partition coefficient (Wildman–Crippen LogP) is 5.16. The number of hydrogen-bond donors (Lipinski definition) is 2. The van der Waals surface area contributed by atoms with Gasteiger partial charge in [0.25, 0.3) is 0 Å². The summed E-state index contributed by atoms with van der Waals surface area (Å²) in [5.74, 6) is 0.803. The van der Waals surface area contributed by atoms with Crippen LogP contribution in [-0.4, -0.2) is 9.97 Å². The second kappa shape index (κ2) is 7.43. The number of nitrogens with zero attached hydrogens (tertiary/aromatic N) is 2. The molecule has 0 aliphatic rings. The average Bonchev–Trinajstić information content (AvgIpc) is 2.60. The van der Waals surface area contributed by atoms with E-state index in [1.54, 1.807) is 6.07 Å². The topological polar surface area (TPSA) is 49.8 Å². The Kier molecular flexibility index (Phi) is 5.06. The lowest BCUT2D eigenvalue weighted by Gasteiger charge is -2.14. The molecule has 0 amide bonds. The molecule has 7 heteroatoms. The summed E-state index contributed by atoms with van der Waals surface area (Å²) in [5, 5.41) is 5.86. The van der Waals surface area contributed by atoms with Gasteiger partial charge in [-0.1, -0.05) is 42.0 Å². The summed E-state index contributed by atoms with van der Waals surface area (Å²) in [5.41, 5.74) is 1.44. The van der Waals surface area contributed by atoms with Gasteiger partial charge in [-0.2, -0.15) is 13.2 Å². The molecule has 134 valence electrons. The largest absolute Gasteiger partial charge is 0.418 e. The van der Waals surface area contributed by atoms with E-state index in [0.29, 0.717) is 12.4 Å². The Hall–Kier alpha value is -3.09. The molecule has 0 saturated carbocycles. The van der Waals surface area contributed by atoms with Crippen LogP contribution in [0.2, 0.25) is 0 Å². The fraction of sp³-hybridized carbons (Fsp3) is 0.158. The van der Waals surface area contributed by atoms with Gasteiger partial charge >= 0.3 is 6.18 Å². The van der Waals surface area contributed by atoms with Crippen LogP contribution in [0.5, 0.6) is 0 Å². The molecule has 4 nitrogen and oxygen atoms in total. The summed E-state index contributed by atoms with van der Waals surface area (Å²) >= 11 is 0. The molecule has 0 fully saturated rings. The summed E-state index contributed by atoms with van der Waals surface area (Å²) in [6.07, 6.45) is -3.14. The monoisotopic (exact) mass is 358 g/mol. The molecular weight excluding hydrogens is 341 g/mol. The number of halogens is 3. The molecule has 0 saturated heterocycles. The minimum Gasteiger partial charge on any atom is -0.366 e. The molecule has 3 aromatic rings. The van der Waals surface area contributed by atoms with Crippen molar-refractivity contribution in [3.63, 3.8) is 0 Å². The Morgan fingerprint density at radius 3 is 2.46 bits per heavy atom. The van der Waals surface area contributed by atoms with Crippen molar-refractivity contribution in [2.75, 3.05) is 10.6 Å². The predicted molar refractivity (Wildman–Crippen MR) is 95.3 cm³/mol. The van der Waals surface area contributed by atoms with E-state index < -0.39 is 11.7 Å². The molecule has 3 rings (SSSR count). The van der Waals surface area contributed by atoms with Gasteiger partial charge in [-0.15, -0.1) is 0 Å². The second-order valence-corrected chi connectivity index (χ2v) is 5.80. The van der Waals surface area contributed by atoms with Gasteiger partial charge in [0.15, 0.2) is 0 Å². The van der Waals surface area contributed by atoms with Crippen LogP contribution in [-0.2, 0) is 12.7 Å². The van der Waals surface area contributed by atoms with E-state index >= 15 is 0 Å². The Bertz CT molecular complexity index is 894. The highest BCUT2D eigenvalue weighted by Crippen LogP contribution is 2.35. The summed E-state index contributed by atoms with van der Waals surface area (Å²) in [4.78, 5) is 8.10. The van der Waals surface area contributed by atoms with E-state index in [-0.39, 0.29) is 11.5 Å². The Balaban J connectivity index is 1.74. The molecule has 1 aromatic heterocycles. The highest BCUT2D eigenvalue weighted by Gasteiger charge is 2.33. The SMILES string of the molecule is Cc1cccc(CNc2cc(Nc3ccccc3C(F)(F)F)ncn2)c1. The number of anilines is 3. The first-order valence-corrected chi connectivity index (χ1v) is 7.96. The molecule has 0 aliphatic carbocycles. The lowest BCUT2D eigenvalue weighted by atomic mass is 10.1. The number of para-hydroxylation sites is 1. The van der Waals surface area contributed by atoms with Crippen molar-refractivity contribution in [3.05, 3.63) is 77.6 Å². The summed E-state index contributed by atoms with van der Waals surface area (Å²) in [6.45, 7) is 2.56. The van der Waals surface area contributed by atoms with Gasteiger partial charge in [-0.25, -0.2) is 9.97 Å². The van der Waals surface area contributed by atoms with E-state index in [1.807, 2.05) is 31.2 Å². The third-order valence-corrected chi connectivity index (χ3v) is 3.72. The maximum atomic E-state index is 13.1. The smallest absolute Gasteiger partial charge is 0.366 e. The van der Waals surface area contributed by atoms with Crippen molar-refractivity contribution in [1.29, 1.82) is 0 Å². The first-order valence-electron chi connectivity index (χ1n) is 7.96. The van der Waals surface area contributed by atoms with Crippen LogP contribution in [0, 0.1) is 6.92 Å². The van der Waals surface area contributed by atoms with Gasteiger partial charge in [-0.3, -0.25) is 0 Å².